The summed E-state index contributed by atoms with van der Waals surface area (Å²) >= 11 is 0. The third-order valence-corrected chi connectivity index (χ3v) is 5.33. The first-order valence-corrected chi connectivity index (χ1v) is 10.8. The Morgan fingerprint density at radius 3 is 1.88 bits per heavy atom. The summed E-state index contributed by atoms with van der Waals surface area (Å²) in [6.07, 6.45) is 3.38. The number of nitrogens with two attached hydrogens (primary N) is 2. The number of carbonyl (C=O) groups excluding carboxylic acids is 1. The number of benzene rings is 2. The highest BCUT2D eigenvalue weighted by Gasteiger charge is 2.23. The number of halogens is 1. The molecular weight excluding hydrogens is 448 g/mol. The van der Waals surface area contributed by atoms with Crippen molar-refractivity contribution in [2.24, 2.45) is 0 Å². The SMILES string of the molecule is CCOC(=O)C[C@@H]1CCc2cc(N)ccc2O1.Cl.Nc1ccc2c(c1)CC[C@@H](CC(=O)O)O2. The molecule has 8 nitrogen and oxygen atoms in total. The molecule has 0 aliphatic carbocycles. The highest BCUT2D eigenvalue weighted by atomic mass is 35.5. The van der Waals surface area contributed by atoms with Crippen molar-refractivity contribution < 1.29 is 28.9 Å². The molecule has 0 saturated carbocycles. The predicted octanol–water partition coefficient (Wildman–Crippen LogP) is 3.77. The Morgan fingerprint density at radius 1 is 0.939 bits per heavy atom. The van der Waals surface area contributed by atoms with Crippen LogP contribution in [0.4, 0.5) is 11.4 Å². The molecule has 2 aromatic rings. The van der Waals surface area contributed by atoms with Crippen molar-refractivity contribution in [2.75, 3.05) is 18.1 Å². The number of esters is 1. The van der Waals surface area contributed by atoms with E-state index in [2.05, 4.69) is 0 Å². The molecule has 0 amide bonds. The standard InChI is InChI=1S/C13H17NO3.C11H13NO3.ClH/c1-2-16-13(15)8-11-5-3-9-7-10(14)4-6-12(9)17-11;12-8-2-4-10-7(5-8)1-3-9(15-10)6-11(13)14;/h4,6-7,11H,2-3,5,8,14H2,1H3;2,4-5,9H,1,3,6,12H2,(H,13,14);1H/t11-;9-;/m00./s1. The van der Waals surface area contributed by atoms with Gasteiger partial charge in [-0.3, -0.25) is 9.59 Å². The van der Waals surface area contributed by atoms with E-state index in [1.54, 1.807) is 19.1 Å². The number of carboxylic acids is 1. The fraction of sp³-hybridized carbons (Fsp3) is 0.417. The Morgan fingerprint density at radius 2 is 1.42 bits per heavy atom. The van der Waals surface area contributed by atoms with Crippen LogP contribution >= 0.6 is 12.4 Å². The van der Waals surface area contributed by atoms with Gasteiger partial charge >= 0.3 is 11.9 Å². The van der Waals surface area contributed by atoms with Gasteiger partial charge in [0.15, 0.2) is 0 Å². The number of rotatable bonds is 5. The van der Waals surface area contributed by atoms with E-state index in [0.717, 1.165) is 54.0 Å². The van der Waals surface area contributed by atoms with Crippen molar-refractivity contribution in [1.29, 1.82) is 0 Å². The van der Waals surface area contributed by atoms with E-state index < -0.39 is 5.97 Å². The Bertz CT molecular complexity index is 968. The fourth-order valence-corrected chi connectivity index (χ4v) is 3.82. The van der Waals surface area contributed by atoms with E-state index >= 15 is 0 Å². The number of carboxylic acid groups (broad SMARTS) is 1. The minimum atomic E-state index is -0.820. The molecule has 2 atom stereocenters. The largest absolute Gasteiger partial charge is 0.490 e. The molecule has 0 fully saturated rings. The minimum Gasteiger partial charge on any atom is -0.490 e. The van der Waals surface area contributed by atoms with Gasteiger partial charge in [-0.15, -0.1) is 12.4 Å². The van der Waals surface area contributed by atoms with Crippen LogP contribution < -0.4 is 20.9 Å². The third kappa shape index (κ3) is 7.75. The van der Waals surface area contributed by atoms with Gasteiger partial charge in [0.25, 0.3) is 0 Å². The monoisotopic (exact) mass is 478 g/mol. The molecule has 0 saturated heterocycles. The molecule has 0 radical (unpaired) electrons. The summed E-state index contributed by atoms with van der Waals surface area (Å²) in [6, 6.07) is 11.1. The molecule has 2 heterocycles. The lowest BCUT2D eigenvalue weighted by atomic mass is 10.00. The Hall–Kier alpha value is -3.13. The summed E-state index contributed by atoms with van der Waals surface area (Å²) in [7, 11) is 0. The molecule has 2 aliphatic heterocycles. The van der Waals surface area contributed by atoms with Crippen molar-refractivity contribution in [1.82, 2.24) is 0 Å². The normalized spacial score (nSPS) is 18.0. The highest BCUT2D eigenvalue weighted by molar-refractivity contribution is 5.85. The maximum Gasteiger partial charge on any atom is 0.309 e. The van der Waals surface area contributed by atoms with Gasteiger partial charge in [-0.2, -0.15) is 0 Å². The molecule has 4 rings (SSSR count). The molecule has 33 heavy (non-hydrogen) atoms. The predicted molar refractivity (Wildman–Crippen MR) is 128 cm³/mol. The molecule has 2 aliphatic rings. The van der Waals surface area contributed by atoms with Gasteiger partial charge in [0.1, 0.15) is 23.7 Å². The molecular formula is C24H31ClN2O6. The van der Waals surface area contributed by atoms with E-state index in [-0.39, 0.29) is 37.0 Å². The Balaban J connectivity index is 0.000000228. The van der Waals surface area contributed by atoms with Crippen molar-refractivity contribution in [2.45, 2.75) is 57.7 Å². The zero-order chi connectivity index (χ0) is 23.1. The van der Waals surface area contributed by atoms with Crippen LogP contribution in [0, 0.1) is 0 Å². The third-order valence-electron chi connectivity index (χ3n) is 5.33. The van der Waals surface area contributed by atoms with Gasteiger partial charge in [-0.25, -0.2) is 0 Å². The second-order valence-corrected chi connectivity index (χ2v) is 7.90. The van der Waals surface area contributed by atoms with Crippen LogP contribution in [0.3, 0.4) is 0 Å². The van der Waals surface area contributed by atoms with Crippen molar-refractivity contribution in [3.63, 3.8) is 0 Å². The first-order valence-electron chi connectivity index (χ1n) is 10.8. The van der Waals surface area contributed by atoms with Gasteiger partial charge in [-0.1, -0.05) is 0 Å². The van der Waals surface area contributed by atoms with Gasteiger partial charge in [0, 0.05) is 11.4 Å². The lowest BCUT2D eigenvalue weighted by molar-refractivity contribution is -0.145. The molecule has 9 heteroatoms. The summed E-state index contributed by atoms with van der Waals surface area (Å²) in [5.74, 6) is 0.580. The van der Waals surface area contributed by atoms with E-state index in [1.807, 2.05) is 24.3 Å². The molecule has 0 bridgehead atoms. The van der Waals surface area contributed by atoms with E-state index in [0.29, 0.717) is 18.7 Å². The second-order valence-electron chi connectivity index (χ2n) is 7.90. The van der Waals surface area contributed by atoms with Gasteiger partial charge < -0.3 is 30.8 Å². The number of carbonyl (C=O) groups is 2. The van der Waals surface area contributed by atoms with Crippen LogP contribution in [-0.2, 0) is 27.2 Å². The second kappa shape index (κ2) is 12.2. The van der Waals surface area contributed by atoms with E-state index in [1.165, 1.54) is 0 Å². The maximum atomic E-state index is 11.4. The van der Waals surface area contributed by atoms with Crippen LogP contribution in [0.25, 0.3) is 0 Å². The quantitative estimate of drug-likeness (QED) is 0.436. The number of nitrogen functional groups attached to an aromatic ring is 2. The smallest absolute Gasteiger partial charge is 0.309 e. The van der Waals surface area contributed by atoms with Crippen molar-refractivity contribution in [3.8, 4) is 11.5 Å². The first kappa shape index (κ1) is 26.1. The number of aryl methyl sites for hydroxylation is 2. The summed E-state index contributed by atoms with van der Waals surface area (Å²) in [4.78, 5) is 21.9. The van der Waals surface area contributed by atoms with Gasteiger partial charge in [-0.05, 0) is 80.1 Å². The summed E-state index contributed by atoms with van der Waals surface area (Å²) in [5, 5.41) is 8.66. The van der Waals surface area contributed by atoms with Crippen LogP contribution in [0.5, 0.6) is 11.5 Å². The van der Waals surface area contributed by atoms with Crippen molar-refractivity contribution in [3.05, 3.63) is 47.5 Å². The number of hydrogen-bond acceptors (Lipinski definition) is 7. The number of ether oxygens (including phenoxy) is 3. The zero-order valence-electron chi connectivity index (χ0n) is 18.6. The molecule has 180 valence electrons. The lowest BCUT2D eigenvalue weighted by Crippen LogP contribution is -2.26. The van der Waals surface area contributed by atoms with Crippen LogP contribution in [0.15, 0.2) is 36.4 Å². The average molecular weight is 479 g/mol. The summed E-state index contributed by atoms with van der Waals surface area (Å²) in [5.41, 5.74) is 15.0. The number of aliphatic carboxylic acids is 1. The van der Waals surface area contributed by atoms with Crippen LogP contribution in [0.2, 0.25) is 0 Å². The highest BCUT2D eigenvalue weighted by Crippen LogP contribution is 2.31. The van der Waals surface area contributed by atoms with Crippen LogP contribution in [-0.4, -0.2) is 35.9 Å². The van der Waals surface area contributed by atoms with Crippen molar-refractivity contribution >= 4 is 35.7 Å². The van der Waals surface area contributed by atoms with Gasteiger partial charge in [0.2, 0.25) is 0 Å². The molecule has 0 spiro atoms. The summed E-state index contributed by atoms with van der Waals surface area (Å²) < 4.78 is 16.2. The first-order chi connectivity index (χ1) is 15.3. The Labute approximate surface area is 199 Å². The molecule has 2 aromatic carbocycles. The molecule has 0 unspecified atom stereocenters. The van der Waals surface area contributed by atoms with E-state index in [9.17, 15) is 9.59 Å². The topological polar surface area (TPSA) is 134 Å². The number of anilines is 2. The lowest BCUT2D eigenvalue weighted by Gasteiger charge is -2.25. The fourth-order valence-electron chi connectivity index (χ4n) is 3.82. The average Bonchev–Trinajstić information content (AvgIpc) is 2.74. The number of fused-ring (bicyclic) bond motifs is 2. The summed E-state index contributed by atoms with van der Waals surface area (Å²) in [6.45, 7) is 2.22. The maximum absolute atomic E-state index is 11.4. The van der Waals surface area contributed by atoms with E-state index in [4.69, 9.17) is 30.8 Å². The van der Waals surface area contributed by atoms with Crippen LogP contribution in [0.1, 0.15) is 43.7 Å². The minimum absolute atomic E-state index is 0. The molecule has 5 N–H and O–H groups in total. The number of hydrogen-bond donors (Lipinski definition) is 3. The Kier molecular flexibility index (Phi) is 9.66. The zero-order valence-corrected chi connectivity index (χ0v) is 19.4. The molecule has 0 aromatic heterocycles. The van der Waals surface area contributed by atoms with Gasteiger partial charge in [0.05, 0.1) is 19.4 Å².